The smallest absolute Gasteiger partial charge is 0.159 e. The first-order chi connectivity index (χ1) is 11.6. The molecule has 4 nitrogen and oxygen atoms in total. The Kier molecular flexibility index (Phi) is 4.79. The maximum atomic E-state index is 8.56. The van der Waals surface area contributed by atoms with E-state index in [0.29, 0.717) is 32.7 Å². The van der Waals surface area contributed by atoms with E-state index in [-0.39, 0.29) is 5.71 Å². The first-order valence-electron chi connectivity index (χ1n) is 7.26. The lowest BCUT2D eigenvalue weighted by Crippen LogP contribution is -2.10. The third-order valence-corrected chi connectivity index (χ3v) is 4.16. The number of nitrogens with one attached hydrogen (secondary N) is 2. The van der Waals surface area contributed by atoms with Gasteiger partial charge in [0.25, 0.3) is 0 Å². The molecule has 0 radical (unpaired) electrons. The summed E-state index contributed by atoms with van der Waals surface area (Å²) in [6.07, 6.45) is 0. The minimum Gasteiger partial charge on any atom is -0.371 e. The molecular formula is C18H14Cl2N4. The summed E-state index contributed by atoms with van der Waals surface area (Å²) in [6, 6.07) is 16.6. The molecule has 120 valence electrons. The molecular weight excluding hydrogens is 343 g/mol. The van der Waals surface area contributed by atoms with Crippen molar-refractivity contribution in [2.45, 2.75) is 0 Å². The summed E-state index contributed by atoms with van der Waals surface area (Å²) in [5.41, 5.74) is 2.78. The normalized spacial score (nSPS) is 10.5. The fourth-order valence-corrected chi connectivity index (χ4v) is 2.91. The average molecular weight is 357 g/mol. The Hall–Kier alpha value is -2.43. The Morgan fingerprint density at radius 1 is 1.00 bits per heavy atom. The van der Waals surface area contributed by atoms with Gasteiger partial charge in [-0.25, -0.2) is 0 Å². The molecule has 1 aromatic heterocycles. The molecule has 0 unspecified atom stereocenters. The van der Waals surface area contributed by atoms with Crippen LogP contribution in [0.3, 0.4) is 0 Å². The van der Waals surface area contributed by atoms with E-state index in [2.05, 4.69) is 15.5 Å². The summed E-state index contributed by atoms with van der Waals surface area (Å²) in [7, 11) is 1.72. The highest BCUT2D eigenvalue weighted by atomic mass is 35.5. The molecule has 0 aliphatic carbocycles. The Morgan fingerprint density at radius 3 is 2.42 bits per heavy atom. The van der Waals surface area contributed by atoms with E-state index in [9.17, 15) is 0 Å². The zero-order valence-electron chi connectivity index (χ0n) is 12.8. The highest BCUT2D eigenvalue weighted by Crippen LogP contribution is 2.33. The number of hydrogen-bond acceptors (Lipinski definition) is 4. The Balaban J connectivity index is 2.17. The maximum absolute atomic E-state index is 8.56. The van der Waals surface area contributed by atoms with Gasteiger partial charge in [-0.15, -0.1) is 10.2 Å². The maximum Gasteiger partial charge on any atom is 0.159 e. The fourth-order valence-electron chi connectivity index (χ4n) is 2.39. The Labute approximate surface area is 150 Å². The predicted molar refractivity (Wildman–Crippen MR) is 99.4 cm³/mol. The Morgan fingerprint density at radius 2 is 1.75 bits per heavy atom. The summed E-state index contributed by atoms with van der Waals surface area (Å²) >= 11 is 12.6. The molecule has 0 aliphatic rings. The van der Waals surface area contributed by atoms with E-state index in [0.717, 1.165) is 5.56 Å². The minimum atomic E-state index is 0.235. The topological polar surface area (TPSA) is 61.7 Å². The predicted octanol–water partition coefficient (Wildman–Crippen LogP) is 4.91. The van der Waals surface area contributed by atoms with Gasteiger partial charge < -0.3 is 5.32 Å². The third kappa shape index (κ3) is 3.11. The van der Waals surface area contributed by atoms with Gasteiger partial charge in [0.2, 0.25) is 0 Å². The van der Waals surface area contributed by atoms with Crippen LogP contribution in [0.15, 0.2) is 54.6 Å². The van der Waals surface area contributed by atoms with Crippen molar-refractivity contribution in [3.05, 3.63) is 75.8 Å². The number of aromatic nitrogens is 2. The molecule has 6 heteroatoms. The molecule has 0 spiro atoms. The van der Waals surface area contributed by atoms with Crippen molar-refractivity contribution in [1.82, 2.24) is 10.2 Å². The van der Waals surface area contributed by atoms with Crippen LogP contribution in [0, 0.1) is 5.41 Å². The summed E-state index contributed by atoms with van der Waals surface area (Å²) in [5, 5.41) is 20.8. The van der Waals surface area contributed by atoms with Crippen molar-refractivity contribution in [1.29, 1.82) is 5.41 Å². The molecule has 0 saturated carbocycles. The lowest BCUT2D eigenvalue weighted by Gasteiger charge is -2.14. The Bertz CT molecular complexity index is 895. The van der Waals surface area contributed by atoms with Crippen LogP contribution in [0.5, 0.6) is 0 Å². The van der Waals surface area contributed by atoms with E-state index in [1.807, 2.05) is 36.4 Å². The molecule has 0 saturated heterocycles. The van der Waals surface area contributed by atoms with Gasteiger partial charge in [0.05, 0.1) is 16.3 Å². The van der Waals surface area contributed by atoms with E-state index in [1.165, 1.54) is 0 Å². The number of rotatable bonds is 4. The van der Waals surface area contributed by atoms with Crippen LogP contribution in [0.1, 0.15) is 11.1 Å². The number of hydrogen-bond donors (Lipinski definition) is 2. The van der Waals surface area contributed by atoms with Gasteiger partial charge in [0.1, 0.15) is 5.69 Å². The molecule has 0 atom stereocenters. The second-order valence-corrected chi connectivity index (χ2v) is 5.90. The first kappa shape index (κ1) is 16.4. The van der Waals surface area contributed by atoms with Gasteiger partial charge in [-0.1, -0.05) is 65.7 Å². The van der Waals surface area contributed by atoms with Gasteiger partial charge in [-0.3, -0.25) is 5.41 Å². The van der Waals surface area contributed by atoms with E-state index in [1.54, 1.807) is 25.2 Å². The number of benzene rings is 2. The molecule has 24 heavy (non-hydrogen) atoms. The monoisotopic (exact) mass is 356 g/mol. The van der Waals surface area contributed by atoms with Crippen LogP contribution in [-0.4, -0.2) is 23.0 Å². The van der Waals surface area contributed by atoms with Crippen molar-refractivity contribution >= 4 is 34.7 Å². The molecule has 0 amide bonds. The van der Waals surface area contributed by atoms with Crippen LogP contribution in [0.4, 0.5) is 5.82 Å². The van der Waals surface area contributed by atoms with Gasteiger partial charge in [0, 0.05) is 23.2 Å². The van der Waals surface area contributed by atoms with E-state index >= 15 is 0 Å². The highest BCUT2D eigenvalue weighted by Gasteiger charge is 2.20. The first-order valence-corrected chi connectivity index (χ1v) is 8.01. The average Bonchev–Trinajstić information content (AvgIpc) is 2.61. The van der Waals surface area contributed by atoms with Crippen LogP contribution >= 0.6 is 23.2 Å². The lowest BCUT2D eigenvalue weighted by molar-refractivity contribution is 1.03. The molecule has 0 fully saturated rings. The van der Waals surface area contributed by atoms with Crippen LogP contribution in [-0.2, 0) is 0 Å². The highest BCUT2D eigenvalue weighted by molar-refractivity contribution is 6.38. The minimum absolute atomic E-state index is 0.235. The number of halogens is 2. The molecule has 3 rings (SSSR count). The number of nitrogens with zero attached hydrogens (tertiary/aromatic N) is 2. The summed E-state index contributed by atoms with van der Waals surface area (Å²) in [5.74, 6) is 0.449. The molecule has 0 aliphatic heterocycles. The van der Waals surface area contributed by atoms with Crippen molar-refractivity contribution in [3.8, 4) is 11.3 Å². The van der Waals surface area contributed by atoms with Gasteiger partial charge in [-0.2, -0.15) is 0 Å². The second kappa shape index (κ2) is 6.99. The van der Waals surface area contributed by atoms with Gasteiger partial charge >= 0.3 is 0 Å². The zero-order chi connectivity index (χ0) is 17.1. The van der Waals surface area contributed by atoms with Crippen molar-refractivity contribution < 1.29 is 0 Å². The lowest BCUT2D eigenvalue weighted by atomic mass is 10.0. The fraction of sp³-hybridized carbons (Fsp3) is 0.0556. The second-order valence-electron chi connectivity index (χ2n) is 5.09. The molecule has 0 bridgehead atoms. The van der Waals surface area contributed by atoms with Crippen LogP contribution < -0.4 is 5.32 Å². The molecule has 2 N–H and O–H groups in total. The summed E-state index contributed by atoms with van der Waals surface area (Å²) in [4.78, 5) is 0. The van der Waals surface area contributed by atoms with Gasteiger partial charge in [-0.05, 0) is 12.1 Å². The van der Waals surface area contributed by atoms with Gasteiger partial charge in [0.15, 0.2) is 5.82 Å². The zero-order valence-corrected chi connectivity index (χ0v) is 14.4. The molecule has 3 aromatic rings. The van der Waals surface area contributed by atoms with E-state index in [4.69, 9.17) is 28.6 Å². The quantitative estimate of drug-likeness (QED) is 0.653. The van der Waals surface area contributed by atoms with Crippen LogP contribution in [0.2, 0.25) is 10.0 Å². The van der Waals surface area contributed by atoms with E-state index < -0.39 is 0 Å². The standard InChI is InChI=1S/C18H14Cl2N4/c1-22-18-14(16(21)12-8-5-9-13(19)10-12)15(20)17(23-24-18)11-6-3-2-4-7-11/h2-10,21H,1H3,(H,22,24). The third-order valence-electron chi connectivity index (χ3n) is 3.56. The van der Waals surface area contributed by atoms with Crippen molar-refractivity contribution in [3.63, 3.8) is 0 Å². The summed E-state index contributed by atoms with van der Waals surface area (Å²) < 4.78 is 0. The molecule has 2 aromatic carbocycles. The van der Waals surface area contributed by atoms with Crippen molar-refractivity contribution in [2.24, 2.45) is 0 Å². The number of anilines is 1. The SMILES string of the molecule is CNc1nnc(-c2ccccc2)c(Cl)c1C(=N)c1cccc(Cl)c1. The molecule has 1 heterocycles. The van der Waals surface area contributed by atoms with Crippen molar-refractivity contribution in [2.75, 3.05) is 12.4 Å². The van der Waals surface area contributed by atoms with Crippen LogP contribution in [0.25, 0.3) is 11.3 Å². The summed E-state index contributed by atoms with van der Waals surface area (Å²) in [6.45, 7) is 0. The largest absolute Gasteiger partial charge is 0.371 e.